The van der Waals surface area contributed by atoms with Gasteiger partial charge in [-0.05, 0) is 37.2 Å². The first kappa shape index (κ1) is 20.7. The Morgan fingerprint density at radius 1 is 1.23 bits per heavy atom. The monoisotopic (exact) mass is 439 g/mol. The van der Waals surface area contributed by atoms with Crippen molar-refractivity contribution in [3.8, 4) is 5.75 Å². The van der Waals surface area contributed by atoms with Gasteiger partial charge < -0.3 is 10.5 Å². The van der Waals surface area contributed by atoms with Crippen LogP contribution in [0.3, 0.4) is 0 Å². The number of carbonyl (C=O) groups excluding carboxylic acids is 1. The molecule has 0 aromatic heterocycles. The Morgan fingerprint density at radius 3 is 2.67 bits per heavy atom. The quantitative estimate of drug-likeness (QED) is 0.741. The number of carbonyl (C=O) groups is 1. The summed E-state index contributed by atoms with van der Waals surface area (Å²) < 4.78 is 61.9. The van der Waals surface area contributed by atoms with Gasteiger partial charge in [-0.3, -0.25) is 4.79 Å². The molecule has 2 aromatic carbocycles. The highest BCUT2D eigenvalue weighted by Crippen LogP contribution is 2.57. The lowest BCUT2D eigenvalue weighted by Crippen LogP contribution is -2.51. The number of halogens is 4. The molecule has 2 aliphatic rings. The minimum atomic E-state index is -1.35. The molecule has 2 heterocycles. The number of nitrogens with zero attached hydrogens (tertiary/aromatic N) is 2. The van der Waals surface area contributed by atoms with E-state index in [9.17, 15) is 22.4 Å². The molecule has 0 fully saturated rings. The predicted octanol–water partition coefficient (Wildman–Crippen LogP) is 3.71. The number of thioether (sulfide) groups is 1. The van der Waals surface area contributed by atoms with Crippen molar-refractivity contribution in [1.82, 2.24) is 5.01 Å². The number of hydrogen-bond donors (Lipinski definition) is 1. The maximum absolute atomic E-state index is 14.4. The second-order valence-corrected chi connectivity index (χ2v) is 8.22. The van der Waals surface area contributed by atoms with E-state index in [2.05, 4.69) is 5.10 Å². The van der Waals surface area contributed by atoms with Crippen LogP contribution in [0.5, 0.6) is 5.75 Å². The normalized spacial score (nSPS) is 22.7. The van der Waals surface area contributed by atoms with Crippen LogP contribution in [0.25, 0.3) is 0 Å². The average molecular weight is 439 g/mol. The first-order valence-electron chi connectivity index (χ1n) is 9.14. The minimum absolute atomic E-state index is 0.0433. The fourth-order valence-corrected chi connectivity index (χ4v) is 5.37. The standard InChI is InChI=1S/C20H17F4N3O2S/c1-10(28)27-20(30-19(26-27)13-6-12(21)2-3-15(13)22)11(4-5-25)9-29-18-8-17(24)16(23)7-14(18)20/h2-3,6-8,11H,4-5,9,25H2,1H3/t11-,20?/m1/s1. The van der Waals surface area contributed by atoms with Crippen molar-refractivity contribution in [1.29, 1.82) is 0 Å². The third-order valence-corrected chi connectivity index (χ3v) is 6.66. The number of hydrazone groups is 1. The summed E-state index contributed by atoms with van der Waals surface area (Å²) in [5.74, 6) is -4.55. The van der Waals surface area contributed by atoms with Crippen LogP contribution in [0.2, 0.25) is 0 Å². The Balaban J connectivity index is 1.93. The van der Waals surface area contributed by atoms with Gasteiger partial charge in [0.1, 0.15) is 22.4 Å². The first-order valence-corrected chi connectivity index (χ1v) is 9.95. The van der Waals surface area contributed by atoms with Crippen molar-refractivity contribution < 1.29 is 27.1 Å². The number of fused-ring (bicyclic) bond motifs is 2. The van der Waals surface area contributed by atoms with E-state index >= 15 is 0 Å². The summed E-state index contributed by atoms with van der Waals surface area (Å²) in [6.45, 7) is 1.54. The SMILES string of the molecule is CC(=O)N1N=C(c2cc(F)ccc2F)SC12c1cc(F)c(F)cc1OC[C@H]2CCN. The summed E-state index contributed by atoms with van der Waals surface area (Å²) in [5.41, 5.74) is 5.79. The molecule has 2 aromatic rings. The van der Waals surface area contributed by atoms with E-state index in [0.717, 1.165) is 47.1 Å². The van der Waals surface area contributed by atoms with Crippen LogP contribution in [0, 0.1) is 29.2 Å². The highest BCUT2D eigenvalue weighted by Gasteiger charge is 2.56. The predicted molar refractivity (Wildman–Crippen MR) is 104 cm³/mol. The van der Waals surface area contributed by atoms with Gasteiger partial charge in [0.15, 0.2) is 16.5 Å². The summed E-state index contributed by atoms with van der Waals surface area (Å²) in [4.78, 5) is 11.2. The van der Waals surface area contributed by atoms with Crippen molar-refractivity contribution in [3.63, 3.8) is 0 Å². The van der Waals surface area contributed by atoms with E-state index < -0.39 is 40.0 Å². The molecule has 1 amide bonds. The van der Waals surface area contributed by atoms with E-state index in [-0.39, 0.29) is 35.1 Å². The van der Waals surface area contributed by atoms with E-state index in [1.807, 2.05) is 0 Å². The molecule has 2 N–H and O–H groups in total. The van der Waals surface area contributed by atoms with Gasteiger partial charge in [-0.1, -0.05) is 11.8 Å². The number of amides is 1. The fourth-order valence-electron chi connectivity index (χ4n) is 3.81. The lowest BCUT2D eigenvalue weighted by molar-refractivity contribution is -0.134. The number of rotatable bonds is 3. The maximum atomic E-state index is 14.4. The Hall–Kier alpha value is -2.59. The van der Waals surface area contributed by atoms with Crippen LogP contribution in [-0.2, 0) is 9.67 Å². The molecule has 10 heteroatoms. The zero-order chi connectivity index (χ0) is 21.6. The molecule has 0 radical (unpaired) electrons. The zero-order valence-corrected chi connectivity index (χ0v) is 16.6. The van der Waals surface area contributed by atoms with E-state index in [1.54, 1.807) is 0 Å². The number of benzene rings is 2. The van der Waals surface area contributed by atoms with Gasteiger partial charge >= 0.3 is 0 Å². The van der Waals surface area contributed by atoms with E-state index in [1.165, 1.54) is 6.92 Å². The third-order valence-electron chi connectivity index (χ3n) is 5.13. The van der Waals surface area contributed by atoms with Crippen molar-refractivity contribution in [2.24, 2.45) is 16.8 Å². The number of nitrogens with two attached hydrogens (primary N) is 1. The van der Waals surface area contributed by atoms with Gasteiger partial charge in [0.05, 0.1) is 6.61 Å². The summed E-state index contributed by atoms with van der Waals surface area (Å²) in [6.07, 6.45) is 0.365. The highest BCUT2D eigenvalue weighted by atomic mass is 32.2. The zero-order valence-electron chi connectivity index (χ0n) is 15.8. The van der Waals surface area contributed by atoms with Gasteiger partial charge in [0.2, 0.25) is 5.91 Å². The average Bonchev–Trinajstić information content (AvgIpc) is 3.09. The van der Waals surface area contributed by atoms with Gasteiger partial charge in [0.25, 0.3) is 0 Å². The lowest BCUT2D eigenvalue weighted by atomic mass is 9.86. The molecule has 0 saturated heterocycles. The summed E-state index contributed by atoms with van der Waals surface area (Å²) in [5, 5.41) is 5.42. The first-order chi connectivity index (χ1) is 14.3. The molecule has 1 spiro atoms. The maximum Gasteiger partial charge on any atom is 0.241 e. The van der Waals surface area contributed by atoms with Crippen LogP contribution >= 0.6 is 11.8 Å². The smallest absolute Gasteiger partial charge is 0.241 e. The Morgan fingerprint density at radius 2 is 1.97 bits per heavy atom. The number of ether oxygens (including phenoxy) is 1. The second-order valence-electron chi connectivity index (χ2n) is 7.01. The Labute approximate surface area is 173 Å². The van der Waals surface area contributed by atoms with E-state index in [4.69, 9.17) is 10.5 Å². The van der Waals surface area contributed by atoms with Crippen molar-refractivity contribution in [3.05, 3.63) is 64.7 Å². The molecule has 5 nitrogen and oxygen atoms in total. The molecule has 0 saturated carbocycles. The Kier molecular flexibility index (Phi) is 5.23. The van der Waals surface area contributed by atoms with Crippen LogP contribution in [0.4, 0.5) is 17.6 Å². The summed E-state index contributed by atoms with van der Waals surface area (Å²) >= 11 is 0.975. The topological polar surface area (TPSA) is 67.9 Å². The fraction of sp³-hybridized carbons (Fsp3) is 0.300. The second kappa shape index (κ2) is 7.59. The van der Waals surface area contributed by atoms with Gasteiger partial charge in [-0.2, -0.15) is 5.10 Å². The number of hydrogen-bond acceptors (Lipinski definition) is 5. The van der Waals surface area contributed by atoms with Gasteiger partial charge in [-0.15, -0.1) is 0 Å². The molecule has 30 heavy (non-hydrogen) atoms. The molecule has 4 rings (SSSR count). The van der Waals surface area contributed by atoms with Gasteiger partial charge in [-0.25, -0.2) is 22.6 Å². The largest absolute Gasteiger partial charge is 0.493 e. The van der Waals surface area contributed by atoms with Crippen LogP contribution in [-0.4, -0.2) is 29.1 Å². The molecular weight excluding hydrogens is 422 g/mol. The van der Waals surface area contributed by atoms with Crippen LogP contribution in [0.15, 0.2) is 35.4 Å². The van der Waals surface area contributed by atoms with E-state index in [0.29, 0.717) is 6.42 Å². The molecule has 1 unspecified atom stereocenters. The lowest BCUT2D eigenvalue weighted by Gasteiger charge is -2.45. The van der Waals surface area contributed by atoms with Crippen LogP contribution < -0.4 is 10.5 Å². The highest BCUT2D eigenvalue weighted by molar-refractivity contribution is 8.15. The molecule has 0 aliphatic carbocycles. The third kappa shape index (κ3) is 3.14. The van der Waals surface area contributed by atoms with Crippen molar-refractivity contribution in [2.75, 3.05) is 13.2 Å². The van der Waals surface area contributed by atoms with Crippen molar-refractivity contribution >= 4 is 22.7 Å². The van der Waals surface area contributed by atoms with Crippen molar-refractivity contribution in [2.45, 2.75) is 18.2 Å². The molecule has 2 atom stereocenters. The summed E-state index contributed by atoms with van der Waals surface area (Å²) in [7, 11) is 0. The molecular formula is C20H17F4N3O2S. The van der Waals surface area contributed by atoms with Crippen LogP contribution in [0.1, 0.15) is 24.5 Å². The summed E-state index contributed by atoms with van der Waals surface area (Å²) in [6, 6.07) is 4.77. The minimum Gasteiger partial charge on any atom is -0.493 e. The Bertz CT molecular complexity index is 1060. The molecule has 158 valence electrons. The molecule has 2 aliphatic heterocycles. The van der Waals surface area contributed by atoms with Gasteiger partial charge in [0, 0.05) is 30.0 Å². The molecule has 0 bridgehead atoms.